The number of ether oxygens (including phenoxy) is 1. The first-order chi connectivity index (χ1) is 13.3. The lowest BCUT2D eigenvalue weighted by Crippen LogP contribution is -2.46. The van der Waals surface area contributed by atoms with Crippen LogP contribution in [0.2, 0.25) is 0 Å². The molecule has 1 aliphatic heterocycles. The molecule has 3 aromatic carbocycles. The Morgan fingerprint density at radius 1 is 0.889 bits per heavy atom. The van der Waals surface area contributed by atoms with E-state index in [2.05, 4.69) is 33.5 Å². The largest absolute Gasteiger partial charge is 0.495 e. The zero-order chi connectivity index (χ0) is 18.6. The summed E-state index contributed by atoms with van der Waals surface area (Å²) in [5, 5.41) is 2.09. The average Bonchev–Trinajstić information content (AvgIpc) is 2.73. The first-order valence-electron chi connectivity index (χ1n) is 9.25. The molecule has 1 fully saturated rings. The van der Waals surface area contributed by atoms with Gasteiger partial charge in [-0.3, -0.25) is 4.90 Å². The van der Waals surface area contributed by atoms with Crippen molar-refractivity contribution in [2.75, 3.05) is 33.3 Å². The summed E-state index contributed by atoms with van der Waals surface area (Å²) < 4.78 is 21.0. The standard InChI is InChI=1S/C22H24N2O2S/c1-26-21-12-11-19-9-5-6-10-20(19)22(21)27(25)24-15-13-23(14-16-24)17-18-7-3-2-4-8-18/h2-12H,13-17H2,1H3/t27-/m0/s1. The highest BCUT2D eigenvalue weighted by Crippen LogP contribution is 2.32. The second kappa shape index (κ2) is 8.21. The molecule has 0 N–H and O–H groups in total. The van der Waals surface area contributed by atoms with E-state index in [1.54, 1.807) is 7.11 Å². The van der Waals surface area contributed by atoms with Crippen molar-refractivity contribution in [2.45, 2.75) is 11.4 Å². The number of hydrogen-bond acceptors (Lipinski definition) is 3. The van der Waals surface area contributed by atoms with E-state index in [0.29, 0.717) is 5.75 Å². The van der Waals surface area contributed by atoms with Crippen LogP contribution in [0.25, 0.3) is 10.8 Å². The van der Waals surface area contributed by atoms with Crippen LogP contribution in [0.5, 0.6) is 5.75 Å². The van der Waals surface area contributed by atoms with Crippen LogP contribution < -0.4 is 4.74 Å². The van der Waals surface area contributed by atoms with Gasteiger partial charge in [0.1, 0.15) is 21.6 Å². The van der Waals surface area contributed by atoms with Gasteiger partial charge in [-0.25, -0.2) is 8.51 Å². The number of methoxy groups -OCH3 is 1. The van der Waals surface area contributed by atoms with Gasteiger partial charge in [-0.15, -0.1) is 0 Å². The molecule has 0 spiro atoms. The summed E-state index contributed by atoms with van der Waals surface area (Å²) in [7, 11) is 0.406. The molecular formula is C22H24N2O2S. The van der Waals surface area contributed by atoms with E-state index in [9.17, 15) is 4.21 Å². The number of nitrogens with zero attached hydrogens (tertiary/aromatic N) is 2. The summed E-state index contributed by atoms with van der Waals surface area (Å²) >= 11 is 0. The Balaban J connectivity index is 1.51. The van der Waals surface area contributed by atoms with Gasteiger partial charge in [-0.1, -0.05) is 60.7 Å². The van der Waals surface area contributed by atoms with E-state index in [1.807, 2.05) is 42.5 Å². The minimum Gasteiger partial charge on any atom is -0.495 e. The van der Waals surface area contributed by atoms with Gasteiger partial charge < -0.3 is 4.74 Å². The zero-order valence-corrected chi connectivity index (χ0v) is 16.3. The summed E-state index contributed by atoms with van der Waals surface area (Å²) in [5.74, 6) is 0.693. The van der Waals surface area contributed by atoms with Crippen molar-refractivity contribution in [3.8, 4) is 5.75 Å². The maximum Gasteiger partial charge on any atom is 0.137 e. The molecule has 0 aromatic heterocycles. The minimum atomic E-state index is -1.24. The van der Waals surface area contributed by atoms with E-state index in [-0.39, 0.29) is 0 Å². The highest BCUT2D eigenvalue weighted by molar-refractivity contribution is 7.83. The normalized spacial score (nSPS) is 17.1. The predicted octanol–water partition coefficient (Wildman–Crippen LogP) is 3.69. The zero-order valence-electron chi connectivity index (χ0n) is 15.5. The summed E-state index contributed by atoms with van der Waals surface area (Å²) in [6.07, 6.45) is 0. The third-order valence-corrected chi connectivity index (χ3v) is 6.66. The van der Waals surface area contributed by atoms with Gasteiger partial charge in [0.25, 0.3) is 0 Å². The van der Waals surface area contributed by atoms with Crippen LogP contribution in [0.1, 0.15) is 5.56 Å². The molecule has 4 nitrogen and oxygen atoms in total. The molecule has 5 heteroatoms. The van der Waals surface area contributed by atoms with Crippen molar-refractivity contribution in [1.29, 1.82) is 0 Å². The molecule has 0 aliphatic carbocycles. The van der Waals surface area contributed by atoms with Crippen LogP contribution in [-0.4, -0.2) is 46.7 Å². The third-order valence-electron chi connectivity index (χ3n) is 5.05. The van der Waals surface area contributed by atoms with Gasteiger partial charge in [0.05, 0.1) is 7.11 Å². The summed E-state index contributed by atoms with van der Waals surface area (Å²) in [6, 6.07) is 22.5. The molecule has 0 amide bonds. The van der Waals surface area contributed by atoms with Gasteiger partial charge in [0.15, 0.2) is 0 Å². The van der Waals surface area contributed by atoms with Gasteiger partial charge >= 0.3 is 0 Å². The predicted molar refractivity (Wildman–Crippen MR) is 110 cm³/mol. The van der Waals surface area contributed by atoms with Crippen molar-refractivity contribution in [3.05, 3.63) is 72.3 Å². The SMILES string of the molecule is COc1ccc2ccccc2c1[S@](=O)N1CCN(Cc2ccccc2)CC1. The van der Waals surface area contributed by atoms with Gasteiger partial charge in [0.2, 0.25) is 0 Å². The smallest absolute Gasteiger partial charge is 0.137 e. The molecule has 0 radical (unpaired) electrons. The fourth-order valence-corrected chi connectivity index (χ4v) is 5.04. The molecule has 0 saturated carbocycles. The van der Waals surface area contributed by atoms with E-state index >= 15 is 0 Å². The first-order valence-corrected chi connectivity index (χ1v) is 10.4. The van der Waals surface area contributed by atoms with Crippen LogP contribution in [0.4, 0.5) is 0 Å². The fraction of sp³-hybridized carbons (Fsp3) is 0.273. The Kier molecular flexibility index (Phi) is 5.53. The average molecular weight is 381 g/mol. The molecule has 140 valence electrons. The van der Waals surface area contributed by atoms with Gasteiger partial charge in [-0.05, 0) is 17.0 Å². The number of hydrogen-bond donors (Lipinski definition) is 0. The Labute approximate surface area is 162 Å². The molecule has 4 rings (SSSR count). The lowest BCUT2D eigenvalue weighted by molar-refractivity contribution is 0.185. The van der Waals surface area contributed by atoms with Gasteiger partial charge in [0, 0.05) is 38.1 Å². The first kappa shape index (κ1) is 18.2. The van der Waals surface area contributed by atoms with E-state index in [1.165, 1.54) is 5.56 Å². The quantitative estimate of drug-likeness (QED) is 0.677. The van der Waals surface area contributed by atoms with Crippen LogP contribution in [0.3, 0.4) is 0 Å². The lowest BCUT2D eigenvalue weighted by atomic mass is 10.1. The molecule has 1 saturated heterocycles. The van der Waals surface area contributed by atoms with Gasteiger partial charge in [-0.2, -0.15) is 0 Å². The topological polar surface area (TPSA) is 32.8 Å². The summed E-state index contributed by atoms with van der Waals surface area (Å²) in [5.41, 5.74) is 1.32. The van der Waals surface area contributed by atoms with Crippen molar-refractivity contribution >= 4 is 21.8 Å². The molecule has 1 heterocycles. The molecule has 0 unspecified atom stereocenters. The Hall–Kier alpha value is -2.21. The molecule has 1 aliphatic rings. The Morgan fingerprint density at radius 2 is 1.59 bits per heavy atom. The van der Waals surface area contributed by atoms with E-state index in [0.717, 1.165) is 48.4 Å². The van der Waals surface area contributed by atoms with Crippen LogP contribution >= 0.6 is 0 Å². The number of rotatable bonds is 5. The third kappa shape index (κ3) is 3.90. The van der Waals surface area contributed by atoms with Crippen molar-refractivity contribution in [2.24, 2.45) is 0 Å². The molecule has 1 atom stereocenters. The van der Waals surface area contributed by atoms with E-state index < -0.39 is 11.0 Å². The van der Waals surface area contributed by atoms with Crippen LogP contribution in [0.15, 0.2) is 71.6 Å². The molecular weight excluding hydrogens is 356 g/mol. The Bertz CT molecular complexity index is 937. The van der Waals surface area contributed by atoms with Crippen LogP contribution in [0, 0.1) is 0 Å². The fourth-order valence-electron chi connectivity index (χ4n) is 3.59. The minimum absolute atomic E-state index is 0.693. The lowest BCUT2D eigenvalue weighted by Gasteiger charge is -2.34. The monoisotopic (exact) mass is 380 g/mol. The number of fused-ring (bicyclic) bond motifs is 1. The molecule has 27 heavy (non-hydrogen) atoms. The maximum absolute atomic E-state index is 13.4. The van der Waals surface area contributed by atoms with E-state index in [4.69, 9.17) is 4.74 Å². The summed E-state index contributed by atoms with van der Waals surface area (Å²) in [6.45, 7) is 4.33. The molecule has 0 bridgehead atoms. The highest BCUT2D eigenvalue weighted by atomic mass is 32.2. The van der Waals surface area contributed by atoms with Crippen molar-refractivity contribution < 1.29 is 8.95 Å². The number of benzene rings is 3. The Morgan fingerprint density at radius 3 is 2.33 bits per heavy atom. The second-order valence-electron chi connectivity index (χ2n) is 6.76. The molecule has 3 aromatic rings. The van der Waals surface area contributed by atoms with Crippen molar-refractivity contribution in [1.82, 2.24) is 9.21 Å². The maximum atomic E-state index is 13.4. The van der Waals surface area contributed by atoms with Crippen LogP contribution in [-0.2, 0) is 17.5 Å². The second-order valence-corrected chi connectivity index (χ2v) is 8.18. The number of piperazine rings is 1. The summed E-state index contributed by atoms with van der Waals surface area (Å²) in [4.78, 5) is 3.20. The highest BCUT2D eigenvalue weighted by Gasteiger charge is 2.25. The van der Waals surface area contributed by atoms with Crippen molar-refractivity contribution in [3.63, 3.8) is 0 Å².